The quantitative estimate of drug-likeness (QED) is 0.617. The highest BCUT2D eigenvalue weighted by Crippen LogP contribution is 2.16. The average molecular weight is 183 g/mol. The summed E-state index contributed by atoms with van der Waals surface area (Å²) in [5, 5.41) is 5.37. The van der Waals surface area contributed by atoms with Gasteiger partial charge in [-0.3, -0.25) is 0 Å². The molecule has 2 heterocycles. The van der Waals surface area contributed by atoms with Gasteiger partial charge in [0.2, 0.25) is 0 Å². The van der Waals surface area contributed by atoms with Gasteiger partial charge in [0, 0.05) is 23.3 Å². The first kappa shape index (κ1) is 7.38. The standard InChI is InChI=1S/C11H9N3/c1-2-5-10-9(4-1)8-11(13-10)14-7-3-6-12-14/h1-8,13H. The van der Waals surface area contributed by atoms with Gasteiger partial charge >= 0.3 is 0 Å². The van der Waals surface area contributed by atoms with E-state index in [0.717, 1.165) is 11.3 Å². The molecule has 0 amide bonds. The van der Waals surface area contributed by atoms with Crippen molar-refractivity contribution in [3.8, 4) is 5.82 Å². The fraction of sp³-hybridized carbons (Fsp3) is 0. The number of benzene rings is 1. The molecule has 3 rings (SSSR count). The summed E-state index contributed by atoms with van der Waals surface area (Å²) in [4.78, 5) is 3.30. The Kier molecular flexibility index (Phi) is 1.44. The van der Waals surface area contributed by atoms with E-state index >= 15 is 0 Å². The first-order valence-corrected chi connectivity index (χ1v) is 4.51. The van der Waals surface area contributed by atoms with Crippen molar-refractivity contribution in [2.75, 3.05) is 0 Å². The van der Waals surface area contributed by atoms with Gasteiger partial charge in [0.15, 0.2) is 0 Å². The molecule has 0 unspecified atom stereocenters. The van der Waals surface area contributed by atoms with Crippen LogP contribution in [0.2, 0.25) is 0 Å². The summed E-state index contributed by atoms with van der Waals surface area (Å²) >= 11 is 0. The molecule has 0 fully saturated rings. The molecule has 14 heavy (non-hydrogen) atoms. The SMILES string of the molecule is c1ccc2[nH]c(-n3cccn3)cc2c1. The number of rotatable bonds is 1. The third-order valence-corrected chi connectivity index (χ3v) is 2.27. The van der Waals surface area contributed by atoms with E-state index in [1.54, 1.807) is 6.20 Å². The molecule has 0 aliphatic rings. The molecular weight excluding hydrogens is 174 g/mol. The van der Waals surface area contributed by atoms with E-state index in [2.05, 4.69) is 28.3 Å². The second-order valence-electron chi connectivity index (χ2n) is 3.19. The van der Waals surface area contributed by atoms with Crippen molar-refractivity contribution in [1.29, 1.82) is 0 Å². The molecule has 0 aliphatic carbocycles. The Morgan fingerprint density at radius 1 is 1.14 bits per heavy atom. The molecule has 3 nitrogen and oxygen atoms in total. The van der Waals surface area contributed by atoms with Crippen LogP contribution in [0.3, 0.4) is 0 Å². The van der Waals surface area contributed by atoms with Crippen molar-refractivity contribution in [3.63, 3.8) is 0 Å². The summed E-state index contributed by atoms with van der Waals surface area (Å²) in [6.45, 7) is 0. The van der Waals surface area contributed by atoms with Crippen molar-refractivity contribution in [2.45, 2.75) is 0 Å². The number of H-pyrrole nitrogens is 1. The second kappa shape index (κ2) is 2.73. The lowest BCUT2D eigenvalue weighted by atomic mass is 10.2. The molecular formula is C11H9N3. The van der Waals surface area contributed by atoms with Crippen LogP contribution in [0.25, 0.3) is 16.7 Å². The van der Waals surface area contributed by atoms with Crippen molar-refractivity contribution in [2.24, 2.45) is 0 Å². The monoisotopic (exact) mass is 183 g/mol. The molecule has 0 radical (unpaired) electrons. The van der Waals surface area contributed by atoms with E-state index in [1.165, 1.54) is 5.39 Å². The van der Waals surface area contributed by atoms with Gasteiger partial charge in [-0.2, -0.15) is 5.10 Å². The van der Waals surface area contributed by atoms with E-state index in [-0.39, 0.29) is 0 Å². The molecule has 1 aromatic carbocycles. The summed E-state index contributed by atoms with van der Waals surface area (Å²) in [7, 11) is 0. The first-order valence-electron chi connectivity index (χ1n) is 4.51. The molecule has 68 valence electrons. The molecule has 0 atom stereocenters. The zero-order chi connectivity index (χ0) is 9.38. The van der Waals surface area contributed by atoms with Gasteiger partial charge in [-0.25, -0.2) is 4.68 Å². The number of nitrogens with zero attached hydrogens (tertiary/aromatic N) is 2. The maximum absolute atomic E-state index is 4.17. The number of hydrogen-bond acceptors (Lipinski definition) is 1. The first-order chi connectivity index (χ1) is 6.93. The molecule has 0 saturated carbocycles. The van der Waals surface area contributed by atoms with Gasteiger partial charge < -0.3 is 4.98 Å². The molecule has 2 aromatic heterocycles. The zero-order valence-corrected chi connectivity index (χ0v) is 7.51. The minimum atomic E-state index is 0.996. The van der Waals surface area contributed by atoms with Crippen LogP contribution >= 0.6 is 0 Å². The lowest BCUT2D eigenvalue weighted by Gasteiger charge is -1.93. The van der Waals surface area contributed by atoms with Crippen molar-refractivity contribution >= 4 is 10.9 Å². The summed E-state index contributed by atoms with van der Waals surface area (Å²) in [6, 6.07) is 12.2. The molecule has 1 N–H and O–H groups in total. The zero-order valence-electron chi connectivity index (χ0n) is 7.51. The summed E-state index contributed by atoms with van der Waals surface area (Å²) in [5.41, 5.74) is 1.14. The summed E-state index contributed by atoms with van der Waals surface area (Å²) < 4.78 is 1.82. The van der Waals surface area contributed by atoms with Gasteiger partial charge in [0.05, 0.1) is 0 Å². The minimum absolute atomic E-state index is 0.996. The van der Waals surface area contributed by atoms with Crippen molar-refractivity contribution < 1.29 is 0 Å². The molecule has 0 aliphatic heterocycles. The van der Waals surface area contributed by atoms with Gasteiger partial charge in [0.25, 0.3) is 0 Å². The third-order valence-electron chi connectivity index (χ3n) is 2.27. The molecule has 3 aromatic rings. The summed E-state index contributed by atoms with van der Waals surface area (Å²) in [5.74, 6) is 0.996. The average Bonchev–Trinajstić information content (AvgIpc) is 2.86. The maximum Gasteiger partial charge on any atom is 0.132 e. The molecule has 3 heteroatoms. The van der Waals surface area contributed by atoms with Crippen LogP contribution in [-0.4, -0.2) is 14.8 Å². The number of hydrogen-bond donors (Lipinski definition) is 1. The van der Waals surface area contributed by atoms with Crippen molar-refractivity contribution in [3.05, 3.63) is 48.8 Å². The largest absolute Gasteiger partial charge is 0.340 e. The van der Waals surface area contributed by atoms with Gasteiger partial charge in [-0.15, -0.1) is 0 Å². The van der Waals surface area contributed by atoms with Crippen LogP contribution in [0, 0.1) is 0 Å². The van der Waals surface area contributed by atoms with Crippen LogP contribution in [0.15, 0.2) is 48.8 Å². The highest BCUT2D eigenvalue weighted by Gasteiger charge is 2.00. The molecule has 0 spiro atoms. The minimum Gasteiger partial charge on any atom is -0.340 e. The topological polar surface area (TPSA) is 33.6 Å². The van der Waals surface area contributed by atoms with Crippen LogP contribution in [0.5, 0.6) is 0 Å². The van der Waals surface area contributed by atoms with Crippen LogP contribution in [0.4, 0.5) is 0 Å². The molecule has 0 saturated heterocycles. The summed E-state index contributed by atoms with van der Waals surface area (Å²) in [6.07, 6.45) is 3.69. The van der Waals surface area contributed by atoms with Crippen LogP contribution in [-0.2, 0) is 0 Å². The highest BCUT2D eigenvalue weighted by molar-refractivity contribution is 5.81. The smallest absolute Gasteiger partial charge is 0.132 e. The lowest BCUT2D eigenvalue weighted by Crippen LogP contribution is -1.92. The Balaban J connectivity index is 2.24. The van der Waals surface area contributed by atoms with E-state index in [9.17, 15) is 0 Å². The number of fused-ring (bicyclic) bond motifs is 1. The number of para-hydroxylation sites is 1. The molecule has 0 bridgehead atoms. The van der Waals surface area contributed by atoms with Gasteiger partial charge in [-0.05, 0) is 18.2 Å². The Morgan fingerprint density at radius 3 is 2.86 bits per heavy atom. The van der Waals surface area contributed by atoms with Gasteiger partial charge in [-0.1, -0.05) is 18.2 Å². The van der Waals surface area contributed by atoms with Gasteiger partial charge in [0.1, 0.15) is 5.82 Å². The predicted molar refractivity (Wildman–Crippen MR) is 55.4 cm³/mol. The Bertz CT molecular complexity index is 516. The number of nitrogens with one attached hydrogen (secondary N) is 1. The normalized spacial score (nSPS) is 10.9. The van der Waals surface area contributed by atoms with Crippen molar-refractivity contribution in [1.82, 2.24) is 14.8 Å². The Hall–Kier alpha value is -2.03. The highest BCUT2D eigenvalue weighted by atomic mass is 15.3. The van der Waals surface area contributed by atoms with E-state index in [4.69, 9.17) is 0 Å². The second-order valence-corrected chi connectivity index (χ2v) is 3.19. The van der Waals surface area contributed by atoms with E-state index in [0.29, 0.717) is 0 Å². The number of aromatic nitrogens is 3. The van der Waals surface area contributed by atoms with E-state index in [1.807, 2.05) is 29.1 Å². The number of aromatic amines is 1. The Labute approximate surface area is 81.0 Å². The predicted octanol–water partition coefficient (Wildman–Crippen LogP) is 2.35. The van der Waals surface area contributed by atoms with Crippen LogP contribution < -0.4 is 0 Å². The fourth-order valence-corrected chi connectivity index (χ4v) is 1.59. The Morgan fingerprint density at radius 2 is 2.07 bits per heavy atom. The van der Waals surface area contributed by atoms with E-state index < -0.39 is 0 Å². The fourth-order valence-electron chi connectivity index (χ4n) is 1.59. The lowest BCUT2D eigenvalue weighted by molar-refractivity contribution is 0.858. The maximum atomic E-state index is 4.17. The third kappa shape index (κ3) is 1.03. The van der Waals surface area contributed by atoms with Crippen LogP contribution in [0.1, 0.15) is 0 Å².